The number of halogens is 2. The van der Waals surface area contributed by atoms with Crippen LogP contribution in [0.25, 0.3) is 0 Å². The molecule has 0 atom stereocenters. The lowest BCUT2D eigenvalue weighted by Gasteiger charge is -2.30. The normalized spacial score (nSPS) is 16.4. The Balaban J connectivity index is 1.85. The summed E-state index contributed by atoms with van der Waals surface area (Å²) in [6.45, 7) is 0.240. The fourth-order valence-electron chi connectivity index (χ4n) is 2.20. The molecule has 1 aromatic heterocycles. The molecule has 1 amide bonds. The van der Waals surface area contributed by atoms with Gasteiger partial charge in [-0.05, 0) is 25.0 Å². The van der Waals surface area contributed by atoms with Gasteiger partial charge in [-0.15, -0.1) is 0 Å². The van der Waals surface area contributed by atoms with Crippen molar-refractivity contribution >= 4 is 6.09 Å². The second-order valence-electron chi connectivity index (χ2n) is 4.47. The summed E-state index contributed by atoms with van der Waals surface area (Å²) < 4.78 is 29.4. The van der Waals surface area contributed by atoms with Crippen molar-refractivity contribution < 1.29 is 18.3 Å². The number of nitrogens with zero attached hydrogens (tertiary/aromatic N) is 2. The van der Waals surface area contributed by atoms with E-state index in [0.717, 1.165) is 18.5 Å². The van der Waals surface area contributed by atoms with E-state index in [0.29, 0.717) is 13.1 Å². The summed E-state index contributed by atoms with van der Waals surface area (Å²) >= 11 is 0. The Morgan fingerprint density at radius 3 is 2.74 bits per heavy atom. The predicted octanol–water partition coefficient (Wildman–Crippen LogP) is 2.51. The molecule has 0 aliphatic carbocycles. The van der Waals surface area contributed by atoms with Crippen molar-refractivity contribution in [3.63, 3.8) is 0 Å². The predicted molar refractivity (Wildman–Crippen MR) is 65.1 cm³/mol. The highest BCUT2D eigenvalue weighted by molar-refractivity contribution is 5.67. The van der Waals surface area contributed by atoms with Gasteiger partial charge in [-0.2, -0.15) is 0 Å². The van der Waals surface area contributed by atoms with Crippen LogP contribution < -0.4 is 0 Å². The van der Waals surface area contributed by atoms with Gasteiger partial charge in [0, 0.05) is 24.7 Å². The number of hydrogen-bond acceptors (Lipinski definition) is 3. The topological polar surface area (TPSA) is 42.4 Å². The van der Waals surface area contributed by atoms with Gasteiger partial charge < -0.3 is 9.64 Å². The van der Waals surface area contributed by atoms with E-state index in [-0.39, 0.29) is 18.3 Å². The maximum atomic E-state index is 12.8. The highest BCUT2D eigenvalue weighted by atomic mass is 19.1. The van der Waals surface area contributed by atoms with E-state index in [2.05, 4.69) is 4.98 Å². The summed E-state index contributed by atoms with van der Waals surface area (Å²) in [6.07, 6.45) is 2.24. The largest absolute Gasteiger partial charge is 0.447 e. The van der Waals surface area contributed by atoms with Crippen molar-refractivity contribution in [2.75, 3.05) is 26.4 Å². The van der Waals surface area contributed by atoms with Crippen LogP contribution in [0.2, 0.25) is 0 Å². The molecule has 2 heterocycles. The lowest BCUT2D eigenvalue weighted by Crippen LogP contribution is -2.38. The smallest absolute Gasteiger partial charge is 0.409 e. The van der Waals surface area contributed by atoms with E-state index in [1.165, 1.54) is 12.3 Å². The van der Waals surface area contributed by atoms with Crippen molar-refractivity contribution in [2.45, 2.75) is 18.8 Å². The van der Waals surface area contributed by atoms with Crippen molar-refractivity contribution in [2.24, 2.45) is 0 Å². The number of carbonyl (C=O) groups excluding carboxylic acids is 1. The molecule has 0 saturated carbocycles. The lowest BCUT2D eigenvalue weighted by atomic mass is 9.93. The van der Waals surface area contributed by atoms with Gasteiger partial charge in [0.05, 0.1) is 6.20 Å². The van der Waals surface area contributed by atoms with Crippen LogP contribution in [0.4, 0.5) is 13.6 Å². The Morgan fingerprint density at radius 1 is 1.42 bits per heavy atom. The number of rotatable bonds is 3. The van der Waals surface area contributed by atoms with Gasteiger partial charge in [0.25, 0.3) is 0 Å². The lowest BCUT2D eigenvalue weighted by molar-refractivity contribution is 0.0872. The van der Waals surface area contributed by atoms with Crippen molar-refractivity contribution in [3.05, 3.63) is 29.8 Å². The zero-order valence-corrected chi connectivity index (χ0v) is 10.5. The molecular weight excluding hydrogens is 254 g/mol. The Kier molecular flexibility index (Phi) is 4.65. The summed E-state index contributed by atoms with van der Waals surface area (Å²) in [7, 11) is 0. The standard InChI is InChI=1S/C13H16F2N2O2/c14-5-8-19-13(18)17-6-3-10(4-7-17)12-2-1-11(15)9-16-12/h1-2,9-10H,3-8H2. The number of pyridine rings is 1. The zero-order valence-electron chi connectivity index (χ0n) is 10.5. The zero-order chi connectivity index (χ0) is 13.7. The van der Waals surface area contributed by atoms with Crippen molar-refractivity contribution in [3.8, 4) is 0 Å². The molecule has 0 bridgehead atoms. The molecule has 0 unspecified atom stereocenters. The Bertz CT molecular complexity index is 417. The number of likely N-dealkylation sites (tertiary alicyclic amines) is 1. The molecule has 19 heavy (non-hydrogen) atoms. The van der Waals surface area contributed by atoms with Crippen LogP contribution in [-0.2, 0) is 4.74 Å². The van der Waals surface area contributed by atoms with Crippen LogP contribution in [0.1, 0.15) is 24.5 Å². The van der Waals surface area contributed by atoms with Crippen LogP contribution in [-0.4, -0.2) is 42.3 Å². The van der Waals surface area contributed by atoms with Gasteiger partial charge in [0.2, 0.25) is 0 Å². The number of ether oxygens (including phenoxy) is 1. The van der Waals surface area contributed by atoms with Gasteiger partial charge in [-0.1, -0.05) is 0 Å². The van der Waals surface area contributed by atoms with Crippen LogP contribution in [0.5, 0.6) is 0 Å². The molecule has 0 radical (unpaired) electrons. The molecular formula is C13H16F2N2O2. The van der Waals surface area contributed by atoms with Crippen molar-refractivity contribution in [1.29, 1.82) is 0 Å². The second kappa shape index (κ2) is 6.45. The average Bonchev–Trinajstić information content (AvgIpc) is 2.46. The summed E-state index contributed by atoms with van der Waals surface area (Å²) in [6, 6.07) is 3.07. The Hall–Kier alpha value is -1.72. The first-order valence-electron chi connectivity index (χ1n) is 6.30. The molecule has 0 aromatic carbocycles. The number of amides is 1. The average molecular weight is 270 g/mol. The number of piperidine rings is 1. The molecule has 104 valence electrons. The van der Waals surface area contributed by atoms with Crippen LogP contribution >= 0.6 is 0 Å². The molecule has 1 aliphatic heterocycles. The van der Waals surface area contributed by atoms with Crippen LogP contribution in [0, 0.1) is 5.82 Å². The molecule has 1 aliphatic rings. The minimum absolute atomic E-state index is 0.196. The third-order valence-corrected chi connectivity index (χ3v) is 3.22. The summed E-state index contributed by atoms with van der Waals surface area (Å²) in [5.41, 5.74) is 0.846. The number of hydrogen-bond donors (Lipinski definition) is 0. The number of aromatic nitrogens is 1. The maximum Gasteiger partial charge on any atom is 0.409 e. The molecule has 0 spiro atoms. The quantitative estimate of drug-likeness (QED) is 0.847. The van der Waals surface area contributed by atoms with E-state index in [1.807, 2.05) is 0 Å². The van der Waals surface area contributed by atoms with E-state index in [1.54, 1.807) is 11.0 Å². The highest BCUT2D eigenvalue weighted by Gasteiger charge is 2.25. The molecule has 1 saturated heterocycles. The fraction of sp³-hybridized carbons (Fsp3) is 0.538. The number of carbonyl (C=O) groups is 1. The first-order valence-corrected chi connectivity index (χ1v) is 6.30. The monoisotopic (exact) mass is 270 g/mol. The van der Waals surface area contributed by atoms with E-state index < -0.39 is 12.8 Å². The number of alkyl halides is 1. The first kappa shape index (κ1) is 13.7. The van der Waals surface area contributed by atoms with Crippen molar-refractivity contribution in [1.82, 2.24) is 9.88 Å². The molecule has 6 heteroatoms. The third kappa shape index (κ3) is 3.62. The summed E-state index contributed by atoms with van der Waals surface area (Å²) in [5, 5.41) is 0. The van der Waals surface area contributed by atoms with E-state index >= 15 is 0 Å². The first-order chi connectivity index (χ1) is 9.20. The van der Waals surface area contributed by atoms with E-state index in [4.69, 9.17) is 4.74 Å². The van der Waals surface area contributed by atoms with Gasteiger partial charge in [-0.25, -0.2) is 13.6 Å². The molecule has 4 nitrogen and oxygen atoms in total. The molecule has 1 fully saturated rings. The van der Waals surface area contributed by atoms with Gasteiger partial charge in [0.1, 0.15) is 19.1 Å². The SMILES string of the molecule is O=C(OCCF)N1CCC(c2ccc(F)cn2)CC1. The van der Waals surface area contributed by atoms with Crippen LogP contribution in [0.15, 0.2) is 18.3 Å². The molecule has 2 rings (SSSR count). The Labute approximate surface area is 110 Å². The molecule has 0 N–H and O–H groups in total. The highest BCUT2D eigenvalue weighted by Crippen LogP contribution is 2.26. The minimum Gasteiger partial charge on any atom is -0.447 e. The maximum absolute atomic E-state index is 12.8. The minimum atomic E-state index is -0.665. The summed E-state index contributed by atoms with van der Waals surface area (Å²) in [4.78, 5) is 17.1. The fourth-order valence-corrected chi connectivity index (χ4v) is 2.20. The van der Waals surface area contributed by atoms with Gasteiger partial charge in [0.15, 0.2) is 0 Å². The second-order valence-corrected chi connectivity index (χ2v) is 4.47. The van der Waals surface area contributed by atoms with E-state index in [9.17, 15) is 13.6 Å². The van der Waals surface area contributed by atoms with Gasteiger partial charge >= 0.3 is 6.09 Å². The third-order valence-electron chi connectivity index (χ3n) is 3.22. The Morgan fingerprint density at radius 2 is 2.16 bits per heavy atom. The van der Waals surface area contributed by atoms with Crippen LogP contribution in [0.3, 0.4) is 0 Å². The van der Waals surface area contributed by atoms with Gasteiger partial charge in [-0.3, -0.25) is 4.98 Å². The molecule has 1 aromatic rings. The summed E-state index contributed by atoms with van der Waals surface area (Å²) in [5.74, 6) is -0.123.